The molecule has 0 bridgehead atoms. The third-order valence-electron chi connectivity index (χ3n) is 3.86. The van der Waals surface area contributed by atoms with Crippen molar-refractivity contribution in [2.75, 3.05) is 5.33 Å². The third kappa shape index (κ3) is 8.92. The van der Waals surface area contributed by atoms with Crippen LogP contribution in [0.5, 0.6) is 0 Å². The standard InChI is InChI=1S/C18H27BrO2/c19-14-10-5-3-1-2-4-9-13-17(18(20)21)15-16-11-7-6-8-12-16/h6-8,11-12,17H,1-5,9-10,13-15H2,(H,20,21). The molecule has 0 aromatic heterocycles. The highest BCUT2D eigenvalue weighted by Crippen LogP contribution is 2.17. The van der Waals surface area contributed by atoms with Gasteiger partial charge in [-0.3, -0.25) is 4.79 Å². The number of carboxylic acid groups (broad SMARTS) is 1. The van der Waals surface area contributed by atoms with E-state index in [-0.39, 0.29) is 5.92 Å². The summed E-state index contributed by atoms with van der Waals surface area (Å²) in [5, 5.41) is 10.4. The molecule has 0 fully saturated rings. The quantitative estimate of drug-likeness (QED) is 0.400. The molecule has 0 aliphatic carbocycles. The molecule has 1 aromatic carbocycles. The minimum atomic E-state index is -0.656. The van der Waals surface area contributed by atoms with Gasteiger partial charge < -0.3 is 5.11 Å². The van der Waals surface area contributed by atoms with Gasteiger partial charge in [-0.05, 0) is 24.8 Å². The van der Waals surface area contributed by atoms with E-state index in [2.05, 4.69) is 15.9 Å². The molecule has 1 unspecified atom stereocenters. The Kier molecular flexibility index (Phi) is 10.2. The van der Waals surface area contributed by atoms with E-state index >= 15 is 0 Å². The van der Waals surface area contributed by atoms with Crippen LogP contribution in [-0.4, -0.2) is 16.4 Å². The molecule has 3 heteroatoms. The molecule has 0 spiro atoms. The smallest absolute Gasteiger partial charge is 0.306 e. The van der Waals surface area contributed by atoms with Crippen LogP contribution in [-0.2, 0) is 11.2 Å². The molecule has 0 aliphatic heterocycles. The largest absolute Gasteiger partial charge is 0.481 e. The van der Waals surface area contributed by atoms with Gasteiger partial charge in [0.1, 0.15) is 0 Å². The lowest BCUT2D eigenvalue weighted by atomic mass is 9.93. The Bertz CT molecular complexity index is 378. The van der Waals surface area contributed by atoms with Crippen LogP contribution < -0.4 is 0 Å². The van der Waals surface area contributed by atoms with Crippen molar-refractivity contribution in [2.45, 2.75) is 57.8 Å². The van der Waals surface area contributed by atoms with Crippen LogP contribution in [0.1, 0.15) is 56.9 Å². The number of hydrogen-bond donors (Lipinski definition) is 1. The number of alkyl halides is 1. The number of carboxylic acids is 1. The Hall–Kier alpha value is -0.830. The van der Waals surface area contributed by atoms with E-state index in [4.69, 9.17) is 0 Å². The van der Waals surface area contributed by atoms with E-state index in [9.17, 15) is 9.90 Å². The molecule has 0 aliphatic rings. The maximum Gasteiger partial charge on any atom is 0.306 e. The van der Waals surface area contributed by atoms with Crippen molar-refractivity contribution >= 4 is 21.9 Å². The molecular weight excluding hydrogens is 328 g/mol. The summed E-state index contributed by atoms with van der Waals surface area (Å²) in [6.07, 6.45) is 10.0. The number of halogens is 1. The van der Waals surface area contributed by atoms with Crippen LogP contribution in [0.25, 0.3) is 0 Å². The molecular formula is C18H27BrO2. The lowest BCUT2D eigenvalue weighted by Gasteiger charge is -2.12. The zero-order chi connectivity index (χ0) is 15.3. The molecule has 1 rings (SSSR count). The van der Waals surface area contributed by atoms with Crippen LogP contribution >= 0.6 is 15.9 Å². The highest BCUT2D eigenvalue weighted by atomic mass is 79.9. The van der Waals surface area contributed by atoms with Gasteiger partial charge >= 0.3 is 5.97 Å². The molecule has 118 valence electrons. The fraction of sp³-hybridized carbons (Fsp3) is 0.611. The minimum absolute atomic E-state index is 0.235. The number of unbranched alkanes of at least 4 members (excludes halogenated alkanes) is 6. The fourth-order valence-electron chi connectivity index (χ4n) is 2.58. The van der Waals surface area contributed by atoms with Gasteiger partial charge in [-0.2, -0.15) is 0 Å². The van der Waals surface area contributed by atoms with Gasteiger partial charge in [-0.15, -0.1) is 0 Å². The van der Waals surface area contributed by atoms with Crippen LogP contribution in [0.15, 0.2) is 30.3 Å². The minimum Gasteiger partial charge on any atom is -0.481 e. The van der Waals surface area contributed by atoms with Crippen molar-refractivity contribution in [3.8, 4) is 0 Å². The van der Waals surface area contributed by atoms with Crippen LogP contribution in [0.4, 0.5) is 0 Å². The topological polar surface area (TPSA) is 37.3 Å². The fourth-order valence-corrected chi connectivity index (χ4v) is 2.98. The highest BCUT2D eigenvalue weighted by molar-refractivity contribution is 9.09. The second kappa shape index (κ2) is 11.8. The summed E-state index contributed by atoms with van der Waals surface area (Å²) in [6.45, 7) is 0. The van der Waals surface area contributed by atoms with E-state index in [0.717, 1.165) is 30.2 Å². The Balaban J connectivity index is 2.16. The van der Waals surface area contributed by atoms with Gasteiger partial charge in [0.2, 0.25) is 0 Å². The lowest BCUT2D eigenvalue weighted by Crippen LogP contribution is -2.16. The first-order chi connectivity index (χ1) is 10.2. The zero-order valence-electron chi connectivity index (χ0n) is 12.8. The van der Waals surface area contributed by atoms with Crippen molar-refractivity contribution in [1.29, 1.82) is 0 Å². The SMILES string of the molecule is O=C(O)C(CCCCCCCCCBr)Cc1ccccc1. The molecule has 0 heterocycles. The number of benzene rings is 1. The van der Waals surface area contributed by atoms with Crippen molar-refractivity contribution in [3.05, 3.63) is 35.9 Å². The summed E-state index contributed by atoms with van der Waals surface area (Å²) >= 11 is 3.44. The summed E-state index contributed by atoms with van der Waals surface area (Å²) in [6, 6.07) is 9.94. The Labute approximate surface area is 137 Å². The molecule has 1 aromatic rings. The van der Waals surface area contributed by atoms with E-state index in [1.807, 2.05) is 30.3 Å². The van der Waals surface area contributed by atoms with Gasteiger partial charge in [0, 0.05) is 5.33 Å². The van der Waals surface area contributed by atoms with Crippen molar-refractivity contribution in [3.63, 3.8) is 0 Å². The summed E-state index contributed by atoms with van der Waals surface area (Å²) in [5.41, 5.74) is 1.12. The average Bonchev–Trinajstić information content (AvgIpc) is 2.49. The first-order valence-corrected chi connectivity index (χ1v) is 9.19. The number of hydrogen-bond acceptors (Lipinski definition) is 1. The first-order valence-electron chi connectivity index (χ1n) is 8.06. The highest BCUT2D eigenvalue weighted by Gasteiger charge is 2.17. The average molecular weight is 355 g/mol. The van der Waals surface area contributed by atoms with Gasteiger partial charge in [0.15, 0.2) is 0 Å². The predicted octanol–water partition coefficient (Wildman–Crippen LogP) is 5.45. The van der Waals surface area contributed by atoms with Crippen LogP contribution in [0.2, 0.25) is 0 Å². The maximum atomic E-state index is 11.3. The Morgan fingerprint density at radius 3 is 2.10 bits per heavy atom. The van der Waals surface area contributed by atoms with Crippen molar-refractivity contribution in [2.24, 2.45) is 5.92 Å². The normalized spacial score (nSPS) is 12.2. The molecule has 0 radical (unpaired) electrons. The molecule has 0 saturated heterocycles. The number of carbonyl (C=O) groups is 1. The molecule has 21 heavy (non-hydrogen) atoms. The number of rotatable bonds is 12. The van der Waals surface area contributed by atoms with Gasteiger partial charge in [-0.25, -0.2) is 0 Å². The van der Waals surface area contributed by atoms with E-state index in [0.29, 0.717) is 6.42 Å². The second-order valence-electron chi connectivity index (χ2n) is 5.68. The zero-order valence-corrected chi connectivity index (χ0v) is 14.4. The number of aliphatic carboxylic acids is 1. The molecule has 0 saturated carbocycles. The molecule has 1 atom stereocenters. The van der Waals surface area contributed by atoms with Gasteiger partial charge in [0.05, 0.1) is 5.92 Å². The van der Waals surface area contributed by atoms with E-state index in [1.165, 1.54) is 32.1 Å². The van der Waals surface area contributed by atoms with Crippen molar-refractivity contribution in [1.82, 2.24) is 0 Å². The second-order valence-corrected chi connectivity index (χ2v) is 6.47. The summed E-state index contributed by atoms with van der Waals surface area (Å²) in [5.74, 6) is -0.892. The van der Waals surface area contributed by atoms with Gasteiger partial charge in [-0.1, -0.05) is 84.8 Å². The van der Waals surface area contributed by atoms with Crippen molar-refractivity contribution < 1.29 is 9.90 Å². The predicted molar refractivity (Wildman–Crippen MR) is 92.0 cm³/mol. The monoisotopic (exact) mass is 354 g/mol. The Morgan fingerprint density at radius 2 is 1.52 bits per heavy atom. The van der Waals surface area contributed by atoms with Crippen LogP contribution in [0.3, 0.4) is 0 Å². The lowest BCUT2D eigenvalue weighted by molar-refractivity contribution is -0.142. The summed E-state index contributed by atoms with van der Waals surface area (Å²) < 4.78 is 0. The van der Waals surface area contributed by atoms with Crippen LogP contribution in [0, 0.1) is 5.92 Å². The summed E-state index contributed by atoms with van der Waals surface area (Å²) in [7, 11) is 0. The van der Waals surface area contributed by atoms with E-state index in [1.54, 1.807) is 0 Å². The van der Waals surface area contributed by atoms with Gasteiger partial charge in [0.25, 0.3) is 0 Å². The molecule has 1 N–H and O–H groups in total. The maximum absolute atomic E-state index is 11.3. The van der Waals surface area contributed by atoms with E-state index < -0.39 is 5.97 Å². The Morgan fingerprint density at radius 1 is 0.952 bits per heavy atom. The molecule has 0 amide bonds. The molecule has 2 nitrogen and oxygen atoms in total. The first kappa shape index (κ1) is 18.2. The summed E-state index contributed by atoms with van der Waals surface area (Å²) in [4.78, 5) is 11.3. The third-order valence-corrected chi connectivity index (χ3v) is 4.42.